The Hall–Kier alpha value is 0.159. The van der Waals surface area contributed by atoms with Crippen molar-refractivity contribution >= 4 is 26.7 Å². The number of hydrogen-bond donors (Lipinski definition) is 0. The van der Waals surface area contributed by atoms with Gasteiger partial charge in [0.1, 0.15) is 0 Å². The van der Waals surface area contributed by atoms with Crippen molar-refractivity contribution < 1.29 is 31.0 Å². The van der Waals surface area contributed by atoms with Crippen molar-refractivity contribution in [3.63, 3.8) is 0 Å². The smallest absolute Gasteiger partial charge is 1.00 e. The fourth-order valence-electron chi connectivity index (χ4n) is 1.88. The van der Waals surface area contributed by atoms with Gasteiger partial charge in [-0.15, -0.1) is 0 Å². The molecule has 1 fully saturated rings. The van der Waals surface area contributed by atoms with Crippen LogP contribution in [0.15, 0.2) is 34.9 Å². The minimum atomic E-state index is -0.169. The molecule has 98 valence electrons. The quantitative estimate of drug-likeness (QED) is 0.467. The van der Waals surface area contributed by atoms with E-state index in [2.05, 4.69) is 39.5 Å². The van der Waals surface area contributed by atoms with Crippen molar-refractivity contribution in [2.45, 2.75) is 17.0 Å². The molecule has 3 heterocycles. The van der Waals surface area contributed by atoms with Gasteiger partial charge in [-0.2, -0.15) is 0 Å². The van der Waals surface area contributed by atoms with Crippen LogP contribution in [0.5, 0.6) is 0 Å². The third kappa shape index (κ3) is 3.38. The number of nitrogens with zero attached hydrogens (tertiary/aromatic N) is 1. The topological polar surface area (TPSA) is 22.3 Å². The van der Waals surface area contributed by atoms with E-state index in [1.165, 1.54) is 5.32 Å². The second kappa shape index (κ2) is 7.08. The van der Waals surface area contributed by atoms with Crippen molar-refractivity contribution in [1.82, 2.24) is 0 Å². The third-order valence-electron chi connectivity index (χ3n) is 2.70. The van der Waals surface area contributed by atoms with Gasteiger partial charge in [0.2, 0.25) is 0 Å². The number of ether oxygens (including phenoxy) is 2. The Morgan fingerprint density at radius 2 is 2.17 bits per heavy atom. The Kier molecular flexibility index (Phi) is 5.73. The maximum Gasteiger partial charge on any atom is -1.00 e. The monoisotopic (exact) mass is 395 g/mol. The molecule has 0 aliphatic carbocycles. The molecule has 3 rings (SSSR count). The van der Waals surface area contributed by atoms with Crippen molar-refractivity contribution in [3.05, 3.63) is 40.5 Å². The maximum absolute atomic E-state index is 5.53. The van der Waals surface area contributed by atoms with Gasteiger partial charge in [0.15, 0.2) is 0 Å². The van der Waals surface area contributed by atoms with E-state index in [0.29, 0.717) is 33.5 Å². The van der Waals surface area contributed by atoms with E-state index < -0.39 is 0 Å². The molecule has 2 aliphatic rings. The summed E-state index contributed by atoms with van der Waals surface area (Å²) in [7, 11) is 0. The summed E-state index contributed by atoms with van der Waals surface area (Å²) in [5.41, 5.74) is 1.12. The van der Waals surface area contributed by atoms with E-state index in [4.69, 9.17) is 9.47 Å². The Morgan fingerprint density at radius 3 is 2.89 bits per heavy atom. The molecule has 1 atom stereocenters. The number of pyridine rings is 1. The Balaban J connectivity index is 0.00000120. The minimum Gasteiger partial charge on any atom is -1.00 e. The second-order valence-electron chi connectivity index (χ2n) is 3.85. The fourth-order valence-corrected chi connectivity index (χ4v) is 5.29. The van der Waals surface area contributed by atoms with Crippen LogP contribution in [0.4, 0.5) is 0 Å². The van der Waals surface area contributed by atoms with Crippen molar-refractivity contribution in [2.75, 3.05) is 13.2 Å². The normalized spacial score (nSPS) is 23.9. The van der Waals surface area contributed by atoms with Crippen LogP contribution in [0.25, 0.3) is 0 Å². The summed E-state index contributed by atoms with van der Waals surface area (Å²) in [6.45, 7) is 1.40. The molecule has 0 N–H and O–H groups in total. The van der Waals surface area contributed by atoms with Crippen LogP contribution in [0, 0.1) is 0 Å². The zero-order valence-corrected chi connectivity index (χ0v) is 13.8. The number of halogens is 1. The summed E-state index contributed by atoms with van der Waals surface area (Å²) < 4.78 is 13.3. The fraction of sp³-hybridized carbons (Fsp3) is 0.417. The first-order valence-electron chi connectivity index (χ1n) is 5.59. The molecular weight excluding hydrogens is 381 g/mol. The Morgan fingerprint density at radius 1 is 1.33 bits per heavy atom. The second-order valence-corrected chi connectivity index (χ2v) is 6.91. The van der Waals surface area contributed by atoms with Crippen molar-refractivity contribution in [2.24, 2.45) is 0 Å². The average molecular weight is 395 g/mol. The van der Waals surface area contributed by atoms with E-state index in [1.54, 1.807) is 0 Å². The van der Waals surface area contributed by atoms with E-state index >= 15 is 0 Å². The summed E-state index contributed by atoms with van der Waals surface area (Å²) in [5.74, 6) is 0. The summed E-state index contributed by atoms with van der Waals surface area (Å²) in [6.07, 6.45) is 4.12. The molecule has 1 aromatic rings. The molecule has 18 heavy (non-hydrogen) atoms. The van der Waals surface area contributed by atoms with E-state index in [-0.39, 0.29) is 23.3 Å². The van der Waals surface area contributed by atoms with Gasteiger partial charge in [0.25, 0.3) is 0 Å². The van der Waals surface area contributed by atoms with Gasteiger partial charge in [-0.25, -0.2) is 0 Å². The van der Waals surface area contributed by atoms with Gasteiger partial charge in [-0.3, -0.25) is 0 Å². The first kappa shape index (κ1) is 14.6. The number of hydrogen-bond acceptors (Lipinski definition) is 3. The molecule has 0 spiro atoms. The molecule has 1 aromatic heterocycles. The van der Waals surface area contributed by atoms with Crippen LogP contribution in [-0.4, -0.2) is 28.2 Å². The van der Waals surface area contributed by atoms with Crippen LogP contribution in [-0.2, 0) is 9.47 Å². The predicted molar refractivity (Wildman–Crippen MR) is 67.6 cm³/mol. The molecule has 6 heteroatoms. The number of thioether (sulfide) groups is 1. The standard InChI is InChI=1S/C12H14NO2SSe.BrH/c1-2-10(12-14-4-5-15-12)8-13(3-1)11-9-17-7-6-16-11;/h1-3,6-8,11-12H,4-5,9H2;1H/q+1;/p-1. The van der Waals surface area contributed by atoms with Crippen molar-refractivity contribution in [1.29, 1.82) is 0 Å². The predicted octanol–water partition coefficient (Wildman–Crippen LogP) is -1.14. The summed E-state index contributed by atoms with van der Waals surface area (Å²) >= 11 is 2.52. The minimum absolute atomic E-state index is 0. The zero-order valence-electron chi connectivity index (χ0n) is 9.70. The van der Waals surface area contributed by atoms with Gasteiger partial charge in [0.05, 0.1) is 0 Å². The van der Waals surface area contributed by atoms with Crippen molar-refractivity contribution in [3.8, 4) is 0 Å². The van der Waals surface area contributed by atoms with Crippen LogP contribution in [0.1, 0.15) is 17.2 Å². The molecule has 0 saturated carbocycles. The van der Waals surface area contributed by atoms with E-state index in [1.807, 2.05) is 11.8 Å². The van der Waals surface area contributed by atoms with Crippen LogP contribution < -0.4 is 21.5 Å². The molecule has 3 nitrogen and oxygen atoms in total. The van der Waals surface area contributed by atoms with Gasteiger partial charge in [0, 0.05) is 0 Å². The largest absolute Gasteiger partial charge is 1.00 e. The van der Waals surface area contributed by atoms with Gasteiger partial charge in [-0.05, 0) is 0 Å². The molecule has 0 bridgehead atoms. The number of rotatable bonds is 2. The Labute approximate surface area is 128 Å². The van der Waals surface area contributed by atoms with Crippen LogP contribution >= 0.6 is 11.8 Å². The summed E-state index contributed by atoms with van der Waals surface area (Å²) in [4.78, 5) is 2.29. The maximum atomic E-state index is 5.53. The van der Waals surface area contributed by atoms with Crippen LogP contribution in [0.2, 0.25) is 5.32 Å². The van der Waals surface area contributed by atoms with Crippen LogP contribution in [0.3, 0.4) is 0 Å². The molecule has 1 saturated heterocycles. The molecule has 1 unspecified atom stereocenters. The van der Waals surface area contributed by atoms with E-state index in [0.717, 1.165) is 5.56 Å². The van der Waals surface area contributed by atoms with Gasteiger partial charge in [-0.1, -0.05) is 0 Å². The molecule has 0 amide bonds. The number of aromatic nitrogens is 1. The molecule has 0 aromatic carbocycles. The zero-order chi connectivity index (χ0) is 11.5. The molecular formula is C12H14BrNO2SSe. The third-order valence-corrected chi connectivity index (χ3v) is 6.34. The van der Waals surface area contributed by atoms with E-state index in [9.17, 15) is 0 Å². The average Bonchev–Trinajstić information content (AvgIpc) is 2.94. The SMILES string of the molecule is C1=C[Se]CC([n+]2cccc(C3OCCO3)c2)S1.[Br-]. The summed E-state index contributed by atoms with van der Waals surface area (Å²) in [6, 6.07) is 4.15. The van der Waals surface area contributed by atoms with Gasteiger partial charge < -0.3 is 17.0 Å². The Bertz CT molecular complexity index is 426. The summed E-state index contributed by atoms with van der Waals surface area (Å²) in [5, 5.41) is 3.99. The van der Waals surface area contributed by atoms with Gasteiger partial charge >= 0.3 is 111 Å². The first-order chi connectivity index (χ1) is 8.43. The first-order valence-corrected chi connectivity index (χ1v) is 8.74. The molecule has 0 radical (unpaired) electrons. The molecule has 2 aliphatic heterocycles.